The first-order valence-electron chi connectivity index (χ1n) is 9.70. The number of fused-ring (bicyclic) bond motifs is 2. The number of esters is 2. The number of ether oxygens (including phenoxy) is 4. The van der Waals surface area contributed by atoms with Gasteiger partial charge in [0.25, 0.3) is 0 Å². The van der Waals surface area contributed by atoms with E-state index in [1.54, 1.807) is 19.9 Å². The summed E-state index contributed by atoms with van der Waals surface area (Å²) in [4.78, 5) is 36.0. The summed E-state index contributed by atoms with van der Waals surface area (Å²) in [7, 11) is 0. The molecule has 2 aliphatic carbocycles. The molecule has 0 aromatic carbocycles. The highest BCUT2D eigenvalue weighted by atomic mass is 16.7. The smallest absolute Gasteiger partial charge is 0.302 e. The lowest BCUT2D eigenvalue weighted by molar-refractivity contribution is -0.327. The average molecular weight is 410 g/mol. The molecular weight excluding hydrogens is 384 g/mol. The zero-order chi connectivity index (χ0) is 21.4. The Morgan fingerprint density at radius 1 is 1.28 bits per heavy atom. The number of carbonyl (C=O) groups excluding carboxylic acids is 3. The van der Waals surface area contributed by atoms with Crippen LogP contribution in [0, 0.1) is 10.8 Å². The number of hydrogen-bond donors (Lipinski definition) is 2. The minimum Gasteiger partial charge on any atom is -0.465 e. The lowest BCUT2D eigenvalue weighted by Gasteiger charge is -2.66. The molecule has 2 aliphatic heterocycles. The molecule has 160 valence electrons. The number of epoxide rings is 1. The number of aliphatic hydroxyl groups is 2. The van der Waals surface area contributed by atoms with Crippen LogP contribution in [0.25, 0.3) is 0 Å². The molecule has 2 N–H and O–H groups in total. The molecule has 0 radical (unpaired) electrons. The van der Waals surface area contributed by atoms with E-state index in [2.05, 4.69) is 0 Å². The van der Waals surface area contributed by atoms with Gasteiger partial charge in [-0.25, -0.2) is 0 Å². The predicted octanol–water partition coefficient (Wildman–Crippen LogP) is -0.335. The molecule has 9 heteroatoms. The molecule has 0 aromatic rings. The van der Waals surface area contributed by atoms with Crippen LogP contribution < -0.4 is 0 Å². The van der Waals surface area contributed by atoms with Crippen molar-refractivity contribution in [3.05, 3.63) is 11.6 Å². The monoisotopic (exact) mass is 410 g/mol. The van der Waals surface area contributed by atoms with Gasteiger partial charge in [-0.3, -0.25) is 14.4 Å². The summed E-state index contributed by atoms with van der Waals surface area (Å²) in [6, 6.07) is 0. The van der Waals surface area contributed by atoms with Crippen LogP contribution in [0.15, 0.2) is 11.6 Å². The third-order valence-corrected chi connectivity index (χ3v) is 7.38. The van der Waals surface area contributed by atoms with Crippen molar-refractivity contribution in [1.29, 1.82) is 0 Å². The molecule has 3 fully saturated rings. The van der Waals surface area contributed by atoms with E-state index < -0.39 is 64.7 Å². The standard InChI is InChI=1S/C20H26O9/c1-9-5-14-19(7-26-10(2)21,16(25)15(9)24)18(4)13(23)6-12(28-11(3)22)17(29-14)20(18)8-27-20/h5,12-14,16-17,23,25H,6-8H2,1-4H3/t12-,13-,14-,16-,17-,18-,19-,20-/m1/s1. The number of Topliss-reactive ketones (excluding diaryl/α,β-unsaturated/α-hetero) is 1. The second kappa shape index (κ2) is 6.34. The van der Waals surface area contributed by atoms with Crippen molar-refractivity contribution in [1.82, 2.24) is 0 Å². The van der Waals surface area contributed by atoms with Gasteiger partial charge in [0, 0.05) is 25.7 Å². The van der Waals surface area contributed by atoms with E-state index in [0.29, 0.717) is 5.57 Å². The van der Waals surface area contributed by atoms with Crippen LogP contribution in [0.1, 0.15) is 34.1 Å². The van der Waals surface area contributed by atoms with Gasteiger partial charge in [0.1, 0.15) is 30.5 Å². The van der Waals surface area contributed by atoms with Crippen LogP contribution >= 0.6 is 0 Å². The molecule has 4 rings (SSSR count). The Balaban J connectivity index is 1.89. The second-order valence-electron chi connectivity index (χ2n) is 8.69. The average Bonchev–Trinajstić information content (AvgIpc) is 3.42. The van der Waals surface area contributed by atoms with Crippen molar-refractivity contribution in [3.8, 4) is 0 Å². The maximum absolute atomic E-state index is 12.8. The van der Waals surface area contributed by atoms with E-state index in [1.807, 2.05) is 0 Å². The fourth-order valence-corrected chi connectivity index (χ4v) is 5.72. The van der Waals surface area contributed by atoms with Gasteiger partial charge >= 0.3 is 11.9 Å². The van der Waals surface area contributed by atoms with Crippen LogP contribution in [0.4, 0.5) is 0 Å². The minimum absolute atomic E-state index is 0.0456. The molecule has 0 unspecified atom stereocenters. The third kappa shape index (κ3) is 2.44. The SMILES string of the molecule is CC(=O)OC[C@]12[C@H](O)C(=O)C(C)=C[C@H]1O[C@@H]1[C@H](OC(C)=O)C[C@@H](O)[C@@]2(C)[C@@]12CO2. The summed E-state index contributed by atoms with van der Waals surface area (Å²) in [6.07, 6.45) is -3.34. The molecule has 2 heterocycles. The topological polar surface area (TPSA) is 132 Å². The van der Waals surface area contributed by atoms with Gasteiger partial charge in [0.05, 0.1) is 24.2 Å². The minimum atomic E-state index is -1.57. The van der Waals surface area contributed by atoms with E-state index in [1.165, 1.54) is 13.8 Å². The van der Waals surface area contributed by atoms with E-state index in [-0.39, 0.29) is 19.6 Å². The molecule has 0 amide bonds. The first-order chi connectivity index (χ1) is 13.5. The van der Waals surface area contributed by atoms with E-state index in [4.69, 9.17) is 18.9 Å². The second-order valence-corrected chi connectivity index (χ2v) is 8.69. The molecule has 2 bridgehead atoms. The van der Waals surface area contributed by atoms with Gasteiger partial charge in [-0.15, -0.1) is 0 Å². The first kappa shape index (κ1) is 20.5. The number of aliphatic hydroxyl groups excluding tert-OH is 2. The molecule has 4 aliphatic rings. The number of carbonyl (C=O) groups is 3. The molecular formula is C20H26O9. The third-order valence-electron chi connectivity index (χ3n) is 7.38. The molecule has 29 heavy (non-hydrogen) atoms. The highest BCUT2D eigenvalue weighted by Crippen LogP contribution is 2.69. The maximum Gasteiger partial charge on any atom is 0.302 e. The highest BCUT2D eigenvalue weighted by molar-refractivity contribution is 6.00. The summed E-state index contributed by atoms with van der Waals surface area (Å²) in [5.41, 5.74) is -3.43. The summed E-state index contributed by atoms with van der Waals surface area (Å²) in [5, 5.41) is 22.4. The normalized spacial score (nSPS) is 47.9. The Labute approximate surface area is 167 Å². The highest BCUT2D eigenvalue weighted by Gasteiger charge is 2.84. The van der Waals surface area contributed by atoms with Crippen LogP contribution in [-0.2, 0) is 33.3 Å². The van der Waals surface area contributed by atoms with E-state index in [9.17, 15) is 24.6 Å². The summed E-state index contributed by atoms with van der Waals surface area (Å²) >= 11 is 0. The van der Waals surface area contributed by atoms with E-state index in [0.717, 1.165) is 0 Å². The van der Waals surface area contributed by atoms with Crippen molar-refractivity contribution in [2.75, 3.05) is 13.2 Å². The lowest BCUT2D eigenvalue weighted by Crippen LogP contribution is -2.80. The summed E-state index contributed by atoms with van der Waals surface area (Å²) < 4.78 is 22.8. The van der Waals surface area contributed by atoms with Gasteiger partial charge < -0.3 is 29.2 Å². The van der Waals surface area contributed by atoms with Crippen LogP contribution in [-0.4, -0.2) is 77.3 Å². The quantitative estimate of drug-likeness (QED) is 0.474. The zero-order valence-electron chi connectivity index (χ0n) is 16.8. The zero-order valence-corrected chi connectivity index (χ0v) is 16.8. The Morgan fingerprint density at radius 3 is 2.48 bits per heavy atom. The largest absolute Gasteiger partial charge is 0.465 e. The lowest BCUT2D eigenvalue weighted by atomic mass is 9.44. The predicted molar refractivity (Wildman–Crippen MR) is 95.5 cm³/mol. The van der Waals surface area contributed by atoms with Crippen molar-refractivity contribution < 1.29 is 43.5 Å². The fraction of sp³-hybridized carbons (Fsp3) is 0.750. The molecule has 8 atom stereocenters. The first-order valence-corrected chi connectivity index (χ1v) is 9.70. The maximum atomic E-state index is 12.8. The Kier molecular flexibility index (Phi) is 4.47. The Bertz CT molecular complexity index is 800. The van der Waals surface area contributed by atoms with Gasteiger partial charge in [-0.2, -0.15) is 0 Å². The van der Waals surface area contributed by atoms with Crippen LogP contribution in [0.5, 0.6) is 0 Å². The molecule has 1 spiro atoms. The van der Waals surface area contributed by atoms with Crippen molar-refractivity contribution >= 4 is 17.7 Å². The van der Waals surface area contributed by atoms with Gasteiger partial charge in [-0.05, 0) is 18.6 Å². The Morgan fingerprint density at radius 2 is 1.93 bits per heavy atom. The van der Waals surface area contributed by atoms with Gasteiger partial charge in [0.15, 0.2) is 5.78 Å². The van der Waals surface area contributed by atoms with Crippen LogP contribution in [0.3, 0.4) is 0 Å². The molecule has 1 saturated carbocycles. The van der Waals surface area contributed by atoms with E-state index >= 15 is 0 Å². The summed E-state index contributed by atoms with van der Waals surface area (Å²) in [6.45, 7) is 5.68. The van der Waals surface area contributed by atoms with Crippen LogP contribution in [0.2, 0.25) is 0 Å². The van der Waals surface area contributed by atoms with Crippen molar-refractivity contribution in [2.24, 2.45) is 10.8 Å². The van der Waals surface area contributed by atoms with Crippen molar-refractivity contribution in [2.45, 2.75) is 70.2 Å². The summed E-state index contributed by atoms with van der Waals surface area (Å²) in [5.74, 6) is -1.60. The fourth-order valence-electron chi connectivity index (χ4n) is 5.72. The number of ketones is 1. The number of hydrogen-bond acceptors (Lipinski definition) is 9. The molecule has 2 saturated heterocycles. The van der Waals surface area contributed by atoms with Gasteiger partial charge in [-0.1, -0.05) is 6.92 Å². The van der Waals surface area contributed by atoms with Crippen molar-refractivity contribution in [3.63, 3.8) is 0 Å². The molecule has 0 aromatic heterocycles. The number of rotatable bonds is 3. The Hall–Kier alpha value is -1.81. The molecule has 9 nitrogen and oxygen atoms in total. The van der Waals surface area contributed by atoms with Gasteiger partial charge in [0.2, 0.25) is 0 Å².